The number of carbonyl (C=O) groups is 2. The summed E-state index contributed by atoms with van der Waals surface area (Å²) >= 11 is 1.34. The maximum Gasteiger partial charge on any atom is 0.232 e. The number of anilines is 1. The highest BCUT2D eigenvalue weighted by atomic mass is 32.2. The number of rotatable bonds is 7. The largest absolute Gasteiger partial charge is 0.350 e. The summed E-state index contributed by atoms with van der Waals surface area (Å²) < 4.78 is 3.74. The van der Waals surface area contributed by atoms with Crippen LogP contribution in [0.4, 0.5) is 5.69 Å². The molecule has 1 amide bonds. The molecule has 0 aliphatic rings. The van der Waals surface area contributed by atoms with E-state index in [0.29, 0.717) is 16.5 Å². The Labute approximate surface area is 190 Å². The molecule has 2 aromatic carbocycles. The van der Waals surface area contributed by atoms with Crippen LogP contribution in [0.25, 0.3) is 10.9 Å². The number of Topliss-reactive ketones (excluding diaryl/α,β-unsaturated/α-hetero) is 1. The standard InChI is InChI=1S/C24H25N5O2S/c1-15-9-11-17(12-10-15)25-22(30)13-21-26-27-24(29(21)4)32-16(2)23(31)19-14-28(3)20-8-6-5-7-18(19)20/h5-12,14,16H,13H2,1-4H3,(H,25,30). The van der Waals surface area contributed by atoms with Gasteiger partial charge in [0.25, 0.3) is 0 Å². The molecule has 0 aliphatic carbocycles. The molecule has 8 heteroatoms. The van der Waals surface area contributed by atoms with Crippen molar-refractivity contribution in [2.45, 2.75) is 30.7 Å². The second-order valence-electron chi connectivity index (χ2n) is 7.84. The first kappa shape index (κ1) is 21.8. The summed E-state index contributed by atoms with van der Waals surface area (Å²) in [5.74, 6) is 0.413. The molecule has 4 aromatic rings. The van der Waals surface area contributed by atoms with Gasteiger partial charge >= 0.3 is 0 Å². The van der Waals surface area contributed by atoms with Crippen molar-refractivity contribution in [3.63, 3.8) is 0 Å². The number of ketones is 1. The van der Waals surface area contributed by atoms with E-state index in [4.69, 9.17) is 0 Å². The van der Waals surface area contributed by atoms with Crippen LogP contribution < -0.4 is 5.32 Å². The number of hydrogen-bond acceptors (Lipinski definition) is 5. The minimum Gasteiger partial charge on any atom is -0.350 e. The van der Waals surface area contributed by atoms with Crippen LogP contribution in [0, 0.1) is 6.92 Å². The average Bonchev–Trinajstić information content (AvgIpc) is 3.29. The third-order valence-electron chi connectivity index (χ3n) is 5.39. The van der Waals surface area contributed by atoms with Crippen LogP contribution in [0.15, 0.2) is 59.9 Å². The van der Waals surface area contributed by atoms with Gasteiger partial charge in [-0.3, -0.25) is 9.59 Å². The van der Waals surface area contributed by atoms with Crippen molar-refractivity contribution in [2.24, 2.45) is 14.1 Å². The highest BCUT2D eigenvalue weighted by Crippen LogP contribution is 2.28. The first-order valence-electron chi connectivity index (χ1n) is 10.3. The molecule has 0 radical (unpaired) electrons. The van der Waals surface area contributed by atoms with E-state index in [1.54, 1.807) is 4.57 Å². The molecule has 2 heterocycles. The first-order valence-corrected chi connectivity index (χ1v) is 11.2. The maximum atomic E-state index is 13.1. The lowest BCUT2D eigenvalue weighted by Crippen LogP contribution is -2.17. The number of amides is 1. The minimum absolute atomic E-state index is 0.0356. The lowest BCUT2D eigenvalue weighted by Gasteiger charge is -2.10. The van der Waals surface area contributed by atoms with Gasteiger partial charge in [0.05, 0.1) is 11.7 Å². The summed E-state index contributed by atoms with van der Waals surface area (Å²) in [6.45, 7) is 3.86. The SMILES string of the molecule is Cc1ccc(NC(=O)Cc2nnc(SC(C)C(=O)c3cn(C)c4ccccc34)n2C)cc1. The van der Waals surface area contributed by atoms with Crippen LogP contribution in [0.2, 0.25) is 0 Å². The average molecular weight is 448 g/mol. The lowest BCUT2D eigenvalue weighted by molar-refractivity contribution is -0.115. The first-order chi connectivity index (χ1) is 15.3. The minimum atomic E-state index is -0.349. The number of aryl methyl sites for hydroxylation is 2. The van der Waals surface area contributed by atoms with Gasteiger partial charge in [0.2, 0.25) is 5.91 Å². The Hall–Kier alpha value is -3.39. The summed E-state index contributed by atoms with van der Waals surface area (Å²) in [4.78, 5) is 25.6. The summed E-state index contributed by atoms with van der Waals surface area (Å²) in [6, 6.07) is 15.5. The van der Waals surface area contributed by atoms with Crippen molar-refractivity contribution < 1.29 is 9.59 Å². The van der Waals surface area contributed by atoms with Crippen LogP contribution in [0.5, 0.6) is 0 Å². The number of benzene rings is 2. The van der Waals surface area contributed by atoms with Crippen molar-refractivity contribution in [2.75, 3.05) is 5.32 Å². The molecule has 0 bridgehead atoms. The summed E-state index contributed by atoms with van der Waals surface area (Å²) in [5.41, 5.74) is 3.59. The Kier molecular flexibility index (Phi) is 6.14. The summed E-state index contributed by atoms with van der Waals surface area (Å²) in [6.07, 6.45) is 1.98. The predicted octanol–water partition coefficient (Wildman–Crippen LogP) is 4.16. The second-order valence-corrected chi connectivity index (χ2v) is 9.15. The lowest BCUT2D eigenvalue weighted by atomic mass is 10.1. The molecule has 1 atom stereocenters. The fourth-order valence-electron chi connectivity index (χ4n) is 3.56. The molecule has 0 spiro atoms. The van der Waals surface area contributed by atoms with Gasteiger partial charge in [-0.15, -0.1) is 10.2 Å². The van der Waals surface area contributed by atoms with Crippen molar-refractivity contribution in [3.05, 3.63) is 71.7 Å². The van der Waals surface area contributed by atoms with E-state index < -0.39 is 0 Å². The zero-order chi connectivity index (χ0) is 22.8. The van der Waals surface area contributed by atoms with Gasteiger partial charge in [-0.1, -0.05) is 47.7 Å². The monoisotopic (exact) mass is 447 g/mol. The van der Waals surface area contributed by atoms with Crippen molar-refractivity contribution in [3.8, 4) is 0 Å². The summed E-state index contributed by atoms with van der Waals surface area (Å²) in [5, 5.41) is 12.4. The van der Waals surface area contributed by atoms with Gasteiger partial charge in [-0.2, -0.15) is 0 Å². The van der Waals surface area contributed by atoms with Gasteiger partial charge in [-0.05, 0) is 32.0 Å². The van der Waals surface area contributed by atoms with E-state index in [1.807, 2.05) is 87.2 Å². The number of hydrogen-bond donors (Lipinski definition) is 1. The van der Waals surface area contributed by atoms with E-state index in [0.717, 1.165) is 22.2 Å². The summed E-state index contributed by atoms with van der Waals surface area (Å²) in [7, 11) is 3.75. The van der Waals surface area contributed by atoms with Gasteiger partial charge in [0.15, 0.2) is 10.9 Å². The third-order valence-corrected chi connectivity index (χ3v) is 6.53. The number of thioether (sulfide) groups is 1. The van der Waals surface area contributed by atoms with Gasteiger partial charge in [0, 0.05) is 42.4 Å². The molecular formula is C24H25N5O2S. The highest BCUT2D eigenvalue weighted by Gasteiger charge is 2.23. The molecule has 0 saturated carbocycles. The number of fused-ring (bicyclic) bond motifs is 1. The zero-order valence-electron chi connectivity index (χ0n) is 18.5. The van der Waals surface area contributed by atoms with E-state index in [9.17, 15) is 9.59 Å². The van der Waals surface area contributed by atoms with Crippen LogP contribution in [-0.4, -0.2) is 36.3 Å². The van der Waals surface area contributed by atoms with Crippen LogP contribution in [0.1, 0.15) is 28.7 Å². The molecule has 1 unspecified atom stereocenters. The second kappa shape index (κ2) is 9.00. The molecule has 2 aromatic heterocycles. The number of carbonyl (C=O) groups excluding carboxylic acids is 2. The van der Waals surface area contributed by atoms with Crippen LogP contribution in [0.3, 0.4) is 0 Å². The van der Waals surface area contributed by atoms with E-state index in [-0.39, 0.29) is 23.4 Å². The topological polar surface area (TPSA) is 81.8 Å². The molecule has 4 rings (SSSR count). The quantitative estimate of drug-likeness (QED) is 0.340. The Bertz CT molecular complexity index is 1290. The molecule has 164 valence electrons. The fraction of sp³-hybridized carbons (Fsp3) is 0.250. The molecule has 1 N–H and O–H groups in total. The Morgan fingerprint density at radius 3 is 2.53 bits per heavy atom. The van der Waals surface area contributed by atoms with Crippen molar-refractivity contribution in [1.82, 2.24) is 19.3 Å². The van der Waals surface area contributed by atoms with Crippen molar-refractivity contribution in [1.29, 1.82) is 0 Å². The van der Waals surface area contributed by atoms with Gasteiger partial charge < -0.3 is 14.5 Å². The molecule has 0 fully saturated rings. The predicted molar refractivity (Wildman–Crippen MR) is 127 cm³/mol. The number of nitrogens with zero attached hydrogens (tertiary/aromatic N) is 4. The van der Waals surface area contributed by atoms with Crippen LogP contribution >= 0.6 is 11.8 Å². The van der Waals surface area contributed by atoms with E-state index in [1.165, 1.54) is 11.8 Å². The smallest absolute Gasteiger partial charge is 0.232 e. The van der Waals surface area contributed by atoms with Gasteiger partial charge in [-0.25, -0.2) is 0 Å². The highest BCUT2D eigenvalue weighted by molar-refractivity contribution is 8.00. The normalized spacial score (nSPS) is 12.1. The molecule has 7 nitrogen and oxygen atoms in total. The molecule has 32 heavy (non-hydrogen) atoms. The molecule has 0 saturated heterocycles. The Balaban J connectivity index is 1.44. The number of para-hydroxylation sites is 1. The Morgan fingerprint density at radius 1 is 1.06 bits per heavy atom. The fourth-order valence-corrected chi connectivity index (χ4v) is 4.46. The third kappa shape index (κ3) is 4.45. The maximum absolute atomic E-state index is 13.1. The van der Waals surface area contributed by atoms with Crippen LogP contribution in [-0.2, 0) is 25.3 Å². The Morgan fingerprint density at radius 2 is 1.78 bits per heavy atom. The molecular weight excluding hydrogens is 422 g/mol. The zero-order valence-corrected chi connectivity index (χ0v) is 19.3. The molecule has 0 aliphatic heterocycles. The van der Waals surface area contributed by atoms with E-state index >= 15 is 0 Å². The number of aromatic nitrogens is 4. The van der Waals surface area contributed by atoms with E-state index in [2.05, 4.69) is 15.5 Å². The van der Waals surface area contributed by atoms with Crippen molar-refractivity contribution >= 4 is 40.0 Å². The van der Waals surface area contributed by atoms with Gasteiger partial charge in [0.1, 0.15) is 5.82 Å². The number of nitrogens with one attached hydrogen (secondary N) is 1.